The minimum Gasteiger partial charge on any atom is -0.350 e. The average molecular weight is 323 g/mol. The molecule has 1 fully saturated rings. The predicted molar refractivity (Wildman–Crippen MR) is 89.3 cm³/mol. The first kappa shape index (κ1) is 15.7. The minimum atomic E-state index is -0.415. The van der Waals surface area contributed by atoms with Gasteiger partial charge >= 0.3 is 6.03 Å². The molecular weight excluding hydrogens is 306 g/mol. The molecule has 0 saturated carbocycles. The molecule has 1 saturated heterocycles. The summed E-state index contributed by atoms with van der Waals surface area (Å²) in [4.78, 5) is 36.0. The molecule has 24 heavy (non-hydrogen) atoms. The fourth-order valence-corrected chi connectivity index (χ4v) is 2.51. The van der Waals surface area contributed by atoms with E-state index >= 15 is 0 Å². The molecule has 1 aliphatic heterocycles. The molecule has 2 N–H and O–H groups in total. The summed E-state index contributed by atoms with van der Waals surface area (Å²) in [5, 5.41) is 5.15. The molecule has 122 valence electrons. The van der Waals surface area contributed by atoms with Gasteiger partial charge in [-0.2, -0.15) is 0 Å². The highest BCUT2D eigenvalue weighted by molar-refractivity contribution is 6.02. The van der Waals surface area contributed by atoms with E-state index in [0.717, 1.165) is 16.0 Å². The van der Waals surface area contributed by atoms with Crippen molar-refractivity contribution in [3.05, 3.63) is 60.2 Å². The molecule has 0 atom stereocenters. The van der Waals surface area contributed by atoms with Crippen LogP contribution in [0.3, 0.4) is 0 Å². The fraction of sp³-hybridized carbons (Fsp3) is 0.167. The Kier molecular flexibility index (Phi) is 4.56. The third-order valence-electron chi connectivity index (χ3n) is 3.81. The van der Waals surface area contributed by atoms with Gasteiger partial charge in [0, 0.05) is 18.7 Å². The predicted octanol–water partition coefficient (Wildman–Crippen LogP) is 1.64. The first-order chi connectivity index (χ1) is 11.6. The van der Waals surface area contributed by atoms with E-state index in [-0.39, 0.29) is 31.4 Å². The number of hydrogen-bond donors (Lipinski definition) is 2. The highest BCUT2D eigenvalue weighted by Crippen LogP contribution is 2.19. The molecule has 1 heterocycles. The molecule has 0 aromatic heterocycles. The van der Waals surface area contributed by atoms with Crippen molar-refractivity contribution in [2.24, 2.45) is 0 Å². The van der Waals surface area contributed by atoms with Crippen LogP contribution in [0.25, 0.3) is 11.1 Å². The number of carbonyl (C=O) groups excluding carboxylic acids is 3. The molecule has 1 aliphatic rings. The van der Waals surface area contributed by atoms with Crippen LogP contribution in [0.1, 0.15) is 10.4 Å². The van der Waals surface area contributed by atoms with Crippen LogP contribution in [0.15, 0.2) is 54.6 Å². The lowest BCUT2D eigenvalue weighted by Gasteiger charge is -2.12. The lowest BCUT2D eigenvalue weighted by Crippen LogP contribution is -2.38. The van der Waals surface area contributed by atoms with Crippen molar-refractivity contribution >= 4 is 17.8 Å². The highest BCUT2D eigenvalue weighted by Gasteiger charge is 2.27. The molecule has 0 aliphatic carbocycles. The Balaban J connectivity index is 1.56. The molecule has 4 amide bonds. The first-order valence-corrected chi connectivity index (χ1v) is 7.67. The zero-order chi connectivity index (χ0) is 16.9. The SMILES string of the molecule is O=C(NCCN1C(=O)CNC1=O)c1ccc(-c2ccccc2)cc1. The van der Waals surface area contributed by atoms with E-state index < -0.39 is 6.03 Å². The van der Waals surface area contributed by atoms with Gasteiger partial charge in [0.1, 0.15) is 0 Å². The van der Waals surface area contributed by atoms with Gasteiger partial charge in [0.25, 0.3) is 5.91 Å². The Labute approximate surface area is 139 Å². The van der Waals surface area contributed by atoms with E-state index in [0.29, 0.717) is 5.56 Å². The quantitative estimate of drug-likeness (QED) is 0.821. The number of nitrogens with one attached hydrogen (secondary N) is 2. The maximum absolute atomic E-state index is 12.1. The summed E-state index contributed by atoms with van der Waals surface area (Å²) in [6.45, 7) is 0.407. The summed E-state index contributed by atoms with van der Waals surface area (Å²) in [7, 11) is 0. The summed E-state index contributed by atoms with van der Waals surface area (Å²) < 4.78 is 0. The summed E-state index contributed by atoms with van der Waals surface area (Å²) >= 11 is 0. The van der Waals surface area contributed by atoms with Crippen LogP contribution in [-0.2, 0) is 4.79 Å². The molecule has 6 nitrogen and oxygen atoms in total. The second-order valence-electron chi connectivity index (χ2n) is 5.40. The number of hydrogen-bond acceptors (Lipinski definition) is 3. The van der Waals surface area contributed by atoms with Gasteiger partial charge in [-0.3, -0.25) is 14.5 Å². The van der Waals surface area contributed by atoms with Crippen LogP contribution >= 0.6 is 0 Å². The van der Waals surface area contributed by atoms with Gasteiger partial charge < -0.3 is 10.6 Å². The van der Waals surface area contributed by atoms with E-state index in [4.69, 9.17) is 0 Å². The largest absolute Gasteiger partial charge is 0.350 e. The molecule has 0 unspecified atom stereocenters. The first-order valence-electron chi connectivity index (χ1n) is 7.67. The van der Waals surface area contributed by atoms with Crippen LogP contribution in [-0.4, -0.2) is 42.4 Å². The Hall–Kier alpha value is -3.15. The van der Waals surface area contributed by atoms with Crippen molar-refractivity contribution in [3.8, 4) is 11.1 Å². The van der Waals surface area contributed by atoms with Gasteiger partial charge in [-0.1, -0.05) is 42.5 Å². The Morgan fingerprint density at radius 3 is 2.29 bits per heavy atom. The van der Waals surface area contributed by atoms with E-state index in [1.807, 2.05) is 42.5 Å². The standard InChI is InChI=1S/C18H17N3O3/c22-16-12-20-18(24)21(16)11-10-19-17(23)15-8-6-14(7-9-15)13-4-2-1-3-5-13/h1-9H,10-12H2,(H,19,23)(H,20,24). The van der Waals surface area contributed by atoms with Gasteiger partial charge in [-0.05, 0) is 23.3 Å². The van der Waals surface area contributed by atoms with Gasteiger partial charge in [0.2, 0.25) is 5.91 Å². The lowest BCUT2D eigenvalue weighted by molar-refractivity contribution is -0.124. The molecule has 2 aromatic carbocycles. The summed E-state index contributed by atoms with van der Waals surface area (Å²) in [5.41, 5.74) is 2.65. The summed E-state index contributed by atoms with van der Waals surface area (Å²) in [6, 6.07) is 16.8. The van der Waals surface area contributed by atoms with Crippen molar-refractivity contribution < 1.29 is 14.4 Å². The number of benzene rings is 2. The Bertz CT molecular complexity index is 741. The smallest absolute Gasteiger partial charge is 0.324 e. The van der Waals surface area contributed by atoms with Crippen molar-refractivity contribution in [3.63, 3.8) is 0 Å². The fourth-order valence-electron chi connectivity index (χ4n) is 2.51. The van der Waals surface area contributed by atoms with E-state index in [1.165, 1.54) is 0 Å². The minimum absolute atomic E-state index is 0.0216. The molecule has 2 aromatic rings. The van der Waals surface area contributed by atoms with Gasteiger partial charge in [0.05, 0.1) is 6.54 Å². The normalized spacial score (nSPS) is 13.8. The Morgan fingerprint density at radius 2 is 1.67 bits per heavy atom. The monoisotopic (exact) mass is 323 g/mol. The highest BCUT2D eigenvalue weighted by atomic mass is 16.2. The number of rotatable bonds is 5. The van der Waals surface area contributed by atoms with Crippen LogP contribution < -0.4 is 10.6 Å². The third-order valence-corrected chi connectivity index (χ3v) is 3.81. The number of imide groups is 1. The van der Waals surface area contributed by atoms with Crippen LogP contribution in [0.4, 0.5) is 4.79 Å². The Morgan fingerprint density at radius 1 is 1.00 bits per heavy atom. The summed E-state index contributed by atoms with van der Waals surface area (Å²) in [5.74, 6) is -0.511. The van der Waals surface area contributed by atoms with Crippen molar-refractivity contribution in [1.29, 1.82) is 0 Å². The zero-order valence-electron chi connectivity index (χ0n) is 13.0. The van der Waals surface area contributed by atoms with Crippen molar-refractivity contribution in [2.75, 3.05) is 19.6 Å². The number of urea groups is 1. The van der Waals surface area contributed by atoms with Crippen molar-refractivity contribution in [2.45, 2.75) is 0 Å². The second kappa shape index (κ2) is 6.95. The number of nitrogens with zero attached hydrogens (tertiary/aromatic N) is 1. The zero-order valence-corrected chi connectivity index (χ0v) is 13.0. The number of amides is 4. The van der Waals surface area contributed by atoms with E-state index in [1.54, 1.807) is 12.1 Å². The van der Waals surface area contributed by atoms with Crippen molar-refractivity contribution in [1.82, 2.24) is 15.5 Å². The molecule has 0 spiro atoms. The molecule has 6 heteroatoms. The maximum atomic E-state index is 12.1. The third kappa shape index (κ3) is 3.43. The second-order valence-corrected chi connectivity index (χ2v) is 5.40. The number of carbonyl (C=O) groups is 3. The molecular formula is C18H17N3O3. The van der Waals surface area contributed by atoms with Gasteiger partial charge in [0.15, 0.2) is 0 Å². The van der Waals surface area contributed by atoms with E-state index in [2.05, 4.69) is 10.6 Å². The van der Waals surface area contributed by atoms with Gasteiger partial charge in [-0.25, -0.2) is 4.79 Å². The summed E-state index contributed by atoms with van der Waals surface area (Å²) in [6.07, 6.45) is 0. The van der Waals surface area contributed by atoms with Crippen LogP contribution in [0.5, 0.6) is 0 Å². The van der Waals surface area contributed by atoms with E-state index in [9.17, 15) is 14.4 Å². The maximum Gasteiger partial charge on any atom is 0.324 e. The molecule has 0 radical (unpaired) electrons. The van der Waals surface area contributed by atoms with Gasteiger partial charge in [-0.15, -0.1) is 0 Å². The van der Waals surface area contributed by atoms with Crippen LogP contribution in [0.2, 0.25) is 0 Å². The molecule has 0 bridgehead atoms. The lowest BCUT2D eigenvalue weighted by atomic mass is 10.0. The van der Waals surface area contributed by atoms with Crippen LogP contribution in [0, 0.1) is 0 Å². The molecule has 3 rings (SSSR count). The average Bonchev–Trinajstić information content (AvgIpc) is 2.94. The topological polar surface area (TPSA) is 78.5 Å².